The van der Waals surface area contributed by atoms with Crippen LogP contribution in [0.4, 0.5) is 0 Å². The smallest absolute Gasteiger partial charge is 0.125 e. The number of aryl methyl sites for hydroxylation is 1. The molecule has 0 amide bonds. The molecule has 1 aliphatic rings. The molecule has 1 aliphatic heterocycles. The maximum atomic E-state index is 10.6. The fourth-order valence-electron chi connectivity index (χ4n) is 3.14. The van der Waals surface area contributed by atoms with Crippen LogP contribution >= 0.6 is 11.3 Å². The molecule has 0 saturated carbocycles. The van der Waals surface area contributed by atoms with E-state index in [0.29, 0.717) is 6.54 Å². The molecule has 2 aromatic rings. The highest BCUT2D eigenvalue weighted by Crippen LogP contribution is 2.39. The lowest BCUT2D eigenvalue weighted by Gasteiger charge is -2.33. The molecule has 0 aliphatic carbocycles. The van der Waals surface area contributed by atoms with E-state index in [1.807, 2.05) is 24.6 Å². The van der Waals surface area contributed by atoms with Crippen molar-refractivity contribution in [3.63, 3.8) is 0 Å². The van der Waals surface area contributed by atoms with Gasteiger partial charge in [0.25, 0.3) is 0 Å². The van der Waals surface area contributed by atoms with Gasteiger partial charge >= 0.3 is 0 Å². The minimum atomic E-state index is -0.564. The minimum Gasteiger partial charge on any atom is -0.496 e. The summed E-state index contributed by atoms with van der Waals surface area (Å²) in [6.45, 7) is 4.29. The monoisotopic (exact) mass is 334 g/mol. The summed E-state index contributed by atoms with van der Waals surface area (Å²) in [7, 11) is 3.29. The van der Waals surface area contributed by atoms with E-state index in [2.05, 4.69) is 9.88 Å². The first kappa shape index (κ1) is 16.2. The number of aliphatic hydroxyl groups excluding tert-OH is 1. The molecular formula is C17H22N2O3S. The van der Waals surface area contributed by atoms with Crippen LogP contribution in [-0.2, 0) is 13.0 Å². The summed E-state index contributed by atoms with van der Waals surface area (Å²) in [5.41, 5.74) is 4.87. The fraction of sp³-hybridized carbons (Fsp3) is 0.471. The molecule has 0 radical (unpaired) electrons. The largest absolute Gasteiger partial charge is 0.496 e. The van der Waals surface area contributed by atoms with Gasteiger partial charge in [-0.1, -0.05) is 0 Å². The summed E-state index contributed by atoms with van der Waals surface area (Å²) in [5, 5.41) is 10.6. The Labute approximate surface area is 140 Å². The maximum absolute atomic E-state index is 10.6. The first-order chi connectivity index (χ1) is 11.1. The minimum absolute atomic E-state index is 0.564. The second-order valence-corrected chi connectivity index (χ2v) is 6.66. The molecule has 1 aromatic carbocycles. The lowest BCUT2D eigenvalue weighted by molar-refractivity contribution is 0.0892. The maximum Gasteiger partial charge on any atom is 0.125 e. The Balaban J connectivity index is 1.80. The van der Waals surface area contributed by atoms with Crippen molar-refractivity contribution < 1.29 is 14.6 Å². The zero-order chi connectivity index (χ0) is 16.4. The van der Waals surface area contributed by atoms with E-state index < -0.39 is 6.10 Å². The Morgan fingerprint density at radius 1 is 1.30 bits per heavy atom. The van der Waals surface area contributed by atoms with Gasteiger partial charge in [-0.2, -0.15) is 0 Å². The molecule has 1 atom stereocenters. The first-order valence-corrected chi connectivity index (χ1v) is 8.55. The second-order valence-electron chi connectivity index (χ2n) is 5.72. The molecule has 0 spiro atoms. The lowest BCUT2D eigenvalue weighted by atomic mass is 9.95. The molecule has 124 valence electrons. The normalized spacial score (nSPS) is 17.8. The highest BCUT2D eigenvalue weighted by Gasteiger charge is 2.29. The van der Waals surface area contributed by atoms with Crippen molar-refractivity contribution in [2.45, 2.75) is 26.0 Å². The number of β-amino-alcohol motifs (C(OH)–C–C–N with tert-alkyl or cyclic N) is 1. The summed E-state index contributed by atoms with van der Waals surface area (Å²) in [4.78, 5) is 7.86. The van der Waals surface area contributed by atoms with Crippen molar-refractivity contribution in [3.8, 4) is 11.5 Å². The molecule has 1 aromatic heterocycles. The molecule has 0 unspecified atom stereocenters. The van der Waals surface area contributed by atoms with E-state index in [1.165, 1.54) is 4.88 Å². The summed E-state index contributed by atoms with van der Waals surface area (Å²) in [6, 6.07) is 3.76. The summed E-state index contributed by atoms with van der Waals surface area (Å²) in [5.74, 6) is 1.53. The van der Waals surface area contributed by atoms with E-state index in [9.17, 15) is 5.11 Å². The lowest BCUT2D eigenvalue weighted by Crippen LogP contribution is -2.35. The van der Waals surface area contributed by atoms with Crippen LogP contribution in [0.3, 0.4) is 0 Å². The van der Waals surface area contributed by atoms with E-state index in [0.717, 1.165) is 47.8 Å². The van der Waals surface area contributed by atoms with Crippen LogP contribution in [0.25, 0.3) is 0 Å². The van der Waals surface area contributed by atoms with Crippen molar-refractivity contribution in [1.29, 1.82) is 0 Å². The number of thiazole rings is 1. The van der Waals surface area contributed by atoms with Crippen LogP contribution in [0.5, 0.6) is 11.5 Å². The molecule has 2 heterocycles. The number of aromatic nitrogens is 1. The van der Waals surface area contributed by atoms with Gasteiger partial charge in [-0.15, -0.1) is 11.3 Å². The van der Waals surface area contributed by atoms with Crippen molar-refractivity contribution in [2.24, 2.45) is 0 Å². The number of hydrogen-bond acceptors (Lipinski definition) is 6. The predicted octanol–water partition coefficient (Wildman–Crippen LogP) is 2.56. The van der Waals surface area contributed by atoms with Crippen molar-refractivity contribution in [1.82, 2.24) is 9.88 Å². The Morgan fingerprint density at radius 3 is 2.70 bits per heavy atom. The highest BCUT2D eigenvalue weighted by molar-refractivity contribution is 7.09. The van der Waals surface area contributed by atoms with Gasteiger partial charge in [-0.3, -0.25) is 4.90 Å². The third-order valence-electron chi connectivity index (χ3n) is 4.36. The van der Waals surface area contributed by atoms with Gasteiger partial charge in [-0.25, -0.2) is 4.98 Å². The van der Waals surface area contributed by atoms with Crippen LogP contribution < -0.4 is 9.47 Å². The Bertz CT molecular complexity index is 686. The fourth-order valence-corrected chi connectivity index (χ4v) is 3.91. The van der Waals surface area contributed by atoms with Gasteiger partial charge in [0.2, 0.25) is 0 Å². The van der Waals surface area contributed by atoms with Gasteiger partial charge in [0.05, 0.1) is 31.5 Å². The third kappa shape index (κ3) is 3.20. The van der Waals surface area contributed by atoms with Crippen LogP contribution in [0.15, 0.2) is 17.6 Å². The average Bonchev–Trinajstić information content (AvgIpc) is 2.97. The number of nitrogens with zero attached hydrogens (tertiary/aromatic N) is 2. The Morgan fingerprint density at radius 2 is 2.04 bits per heavy atom. The van der Waals surface area contributed by atoms with Gasteiger partial charge < -0.3 is 14.6 Å². The van der Waals surface area contributed by atoms with E-state index >= 15 is 0 Å². The quantitative estimate of drug-likeness (QED) is 0.911. The Kier molecular flexibility index (Phi) is 4.84. The van der Waals surface area contributed by atoms with Crippen molar-refractivity contribution >= 4 is 11.3 Å². The molecule has 5 nitrogen and oxygen atoms in total. The van der Waals surface area contributed by atoms with E-state index in [1.54, 1.807) is 25.6 Å². The van der Waals surface area contributed by atoms with E-state index in [4.69, 9.17) is 9.47 Å². The van der Waals surface area contributed by atoms with Crippen molar-refractivity contribution in [2.75, 3.05) is 27.3 Å². The number of aliphatic hydroxyl groups is 1. The van der Waals surface area contributed by atoms with Crippen LogP contribution in [0, 0.1) is 6.92 Å². The SMILES string of the molecule is COc1ccc(OC)c2c1CN(CCc1scnc1C)C[C@H]2O. The first-order valence-electron chi connectivity index (χ1n) is 7.67. The zero-order valence-corrected chi connectivity index (χ0v) is 14.5. The molecule has 0 saturated heterocycles. The van der Waals surface area contributed by atoms with Crippen molar-refractivity contribution in [3.05, 3.63) is 39.3 Å². The molecule has 1 N–H and O–H groups in total. The van der Waals surface area contributed by atoms with Crippen LogP contribution in [0.2, 0.25) is 0 Å². The molecule has 3 rings (SSSR count). The number of fused-ring (bicyclic) bond motifs is 1. The zero-order valence-electron chi connectivity index (χ0n) is 13.7. The predicted molar refractivity (Wildman–Crippen MR) is 90.3 cm³/mol. The average molecular weight is 334 g/mol. The second kappa shape index (κ2) is 6.86. The van der Waals surface area contributed by atoms with E-state index in [-0.39, 0.29) is 0 Å². The summed E-state index contributed by atoms with van der Waals surface area (Å²) >= 11 is 1.69. The van der Waals surface area contributed by atoms with Gasteiger partial charge in [0.15, 0.2) is 0 Å². The number of rotatable bonds is 5. The molecule has 0 fully saturated rings. The Hall–Kier alpha value is -1.63. The van der Waals surface area contributed by atoms with Gasteiger partial charge in [0.1, 0.15) is 11.5 Å². The van der Waals surface area contributed by atoms with Crippen LogP contribution in [0.1, 0.15) is 27.8 Å². The highest BCUT2D eigenvalue weighted by atomic mass is 32.1. The number of methoxy groups -OCH3 is 2. The molecule has 6 heteroatoms. The van der Waals surface area contributed by atoms with Gasteiger partial charge in [-0.05, 0) is 25.5 Å². The number of benzene rings is 1. The number of ether oxygens (including phenoxy) is 2. The third-order valence-corrected chi connectivity index (χ3v) is 5.35. The summed E-state index contributed by atoms with van der Waals surface area (Å²) < 4.78 is 10.9. The number of hydrogen-bond donors (Lipinski definition) is 1. The van der Waals surface area contributed by atoms with Crippen LogP contribution in [-0.4, -0.2) is 42.3 Å². The summed E-state index contributed by atoms with van der Waals surface area (Å²) in [6.07, 6.45) is 0.386. The van der Waals surface area contributed by atoms with Gasteiger partial charge in [0, 0.05) is 35.6 Å². The molecule has 23 heavy (non-hydrogen) atoms. The topological polar surface area (TPSA) is 54.8 Å². The molecule has 0 bridgehead atoms. The standard InChI is InChI=1S/C17H22N2O3S/c1-11-16(23-10-18-11)6-7-19-8-12-14(21-2)4-5-15(22-3)17(12)13(20)9-19/h4-5,10,13,20H,6-9H2,1-3H3/t13-/m1/s1. The molecular weight excluding hydrogens is 312 g/mol.